The molecule has 1 heterocycles. The van der Waals surface area contributed by atoms with E-state index in [0.29, 0.717) is 11.3 Å². The van der Waals surface area contributed by atoms with E-state index in [1.807, 2.05) is 0 Å². The molecule has 0 aromatic carbocycles. The monoisotopic (exact) mass is 237 g/mol. The molecule has 1 amide bonds. The van der Waals surface area contributed by atoms with Crippen molar-refractivity contribution in [1.82, 2.24) is 10.3 Å². The summed E-state index contributed by atoms with van der Waals surface area (Å²) in [5, 5.41) is 2.52. The summed E-state index contributed by atoms with van der Waals surface area (Å²) in [6, 6.07) is 2.44. The first-order valence-electron chi connectivity index (χ1n) is 5.12. The van der Waals surface area contributed by atoms with Crippen molar-refractivity contribution in [3.63, 3.8) is 0 Å². The van der Waals surface area contributed by atoms with Gasteiger partial charge in [0.05, 0.1) is 12.8 Å². The molecule has 1 rings (SSSR count). The molecule has 0 radical (unpaired) electrons. The summed E-state index contributed by atoms with van der Waals surface area (Å²) < 4.78 is 4.51. The summed E-state index contributed by atoms with van der Waals surface area (Å²) in [5.74, 6) is -0.855. The number of nitrogens with one attached hydrogen (secondary N) is 1. The van der Waals surface area contributed by atoms with Crippen molar-refractivity contribution in [3.05, 3.63) is 29.6 Å². The molecule has 6 heteroatoms. The van der Waals surface area contributed by atoms with Gasteiger partial charge in [0.1, 0.15) is 6.04 Å². The highest BCUT2D eigenvalue weighted by atomic mass is 16.5. The van der Waals surface area contributed by atoms with Crippen LogP contribution < -0.4 is 11.1 Å². The molecule has 6 nitrogen and oxygen atoms in total. The molecule has 1 atom stereocenters. The average molecular weight is 237 g/mol. The van der Waals surface area contributed by atoms with Gasteiger partial charge in [-0.15, -0.1) is 0 Å². The standard InChI is InChI=1S/C11H15N3O3/c1-7(11(16)17-2)14-10(15)8-3-4-13-9(5-8)6-12/h3-5,7H,6,12H2,1-2H3,(H,14,15). The molecule has 0 saturated heterocycles. The number of methoxy groups -OCH3 is 1. The van der Waals surface area contributed by atoms with Crippen molar-refractivity contribution in [2.75, 3.05) is 7.11 Å². The molecule has 0 bridgehead atoms. The second-order valence-corrected chi connectivity index (χ2v) is 3.46. The predicted molar refractivity (Wildman–Crippen MR) is 61.1 cm³/mol. The van der Waals surface area contributed by atoms with Crippen molar-refractivity contribution in [1.29, 1.82) is 0 Å². The Balaban J connectivity index is 2.72. The van der Waals surface area contributed by atoms with E-state index >= 15 is 0 Å². The lowest BCUT2D eigenvalue weighted by molar-refractivity contribution is -0.142. The highest BCUT2D eigenvalue weighted by molar-refractivity contribution is 5.96. The lowest BCUT2D eigenvalue weighted by atomic mass is 10.2. The number of aromatic nitrogens is 1. The number of nitrogens with two attached hydrogens (primary N) is 1. The molecule has 1 aromatic heterocycles. The molecule has 0 saturated carbocycles. The van der Waals surface area contributed by atoms with Gasteiger partial charge in [-0.25, -0.2) is 4.79 Å². The summed E-state index contributed by atoms with van der Waals surface area (Å²) >= 11 is 0. The molecule has 17 heavy (non-hydrogen) atoms. The minimum absolute atomic E-state index is 0.258. The van der Waals surface area contributed by atoms with E-state index in [4.69, 9.17) is 5.73 Å². The highest BCUT2D eigenvalue weighted by Crippen LogP contribution is 2.02. The van der Waals surface area contributed by atoms with Gasteiger partial charge in [0.25, 0.3) is 5.91 Å². The van der Waals surface area contributed by atoms with Crippen LogP contribution >= 0.6 is 0 Å². The number of carbonyl (C=O) groups excluding carboxylic acids is 2. The second kappa shape index (κ2) is 5.95. The largest absolute Gasteiger partial charge is 0.467 e. The third-order valence-electron chi connectivity index (χ3n) is 2.19. The third-order valence-corrected chi connectivity index (χ3v) is 2.19. The van der Waals surface area contributed by atoms with Crippen LogP contribution in [-0.2, 0) is 16.1 Å². The van der Waals surface area contributed by atoms with E-state index in [2.05, 4.69) is 15.0 Å². The number of hydrogen-bond acceptors (Lipinski definition) is 5. The van der Waals surface area contributed by atoms with Gasteiger partial charge in [-0.2, -0.15) is 0 Å². The maximum absolute atomic E-state index is 11.8. The van der Waals surface area contributed by atoms with Gasteiger partial charge in [0, 0.05) is 18.3 Å². The molecule has 0 aliphatic rings. The third kappa shape index (κ3) is 3.53. The molecule has 0 aliphatic carbocycles. The second-order valence-electron chi connectivity index (χ2n) is 3.46. The number of ether oxygens (including phenoxy) is 1. The first-order valence-corrected chi connectivity index (χ1v) is 5.12. The number of nitrogens with zero attached hydrogens (tertiary/aromatic N) is 1. The molecule has 0 aliphatic heterocycles. The lowest BCUT2D eigenvalue weighted by Gasteiger charge is -2.11. The van der Waals surface area contributed by atoms with Crippen LogP contribution in [0.15, 0.2) is 18.3 Å². The maximum Gasteiger partial charge on any atom is 0.328 e. The van der Waals surface area contributed by atoms with Crippen molar-refractivity contribution in [2.45, 2.75) is 19.5 Å². The normalized spacial score (nSPS) is 11.7. The zero-order valence-corrected chi connectivity index (χ0v) is 9.77. The quantitative estimate of drug-likeness (QED) is 0.709. The summed E-state index contributed by atoms with van der Waals surface area (Å²) in [7, 11) is 1.27. The Kier molecular flexibility index (Phi) is 4.59. The van der Waals surface area contributed by atoms with Crippen molar-refractivity contribution in [2.24, 2.45) is 5.73 Å². The van der Waals surface area contributed by atoms with E-state index in [1.165, 1.54) is 13.3 Å². The van der Waals surface area contributed by atoms with Crippen LogP contribution in [0.3, 0.4) is 0 Å². The SMILES string of the molecule is COC(=O)C(C)NC(=O)c1ccnc(CN)c1. The van der Waals surface area contributed by atoms with Gasteiger partial charge in [0.2, 0.25) is 0 Å². The Labute approximate surface area is 99.2 Å². The molecule has 3 N–H and O–H groups in total. The Hall–Kier alpha value is -1.95. The molecule has 1 aromatic rings. The minimum atomic E-state index is -0.693. The average Bonchev–Trinajstić information content (AvgIpc) is 2.37. The Morgan fingerprint density at radius 2 is 2.29 bits per heavy atom. The van der Waals surface area contributed by atoms with Gasteiger partial charge in [-0.3, -0.25) is 9.78 Å². The van der Waals surface area contributed by atoms with Crippen molar-refractivity contribution < 1.29 is 14.3 Å². The van der Waals surface area contributed by atoms with Gasteiger partial charge >= 0.3 is 5.97 Å². The number of hydrogen-bond donors (Lipinski definition) is 2. The van der Waals surface area contributed by atoms with Crippen molar-refractivity contribution >= 4 is 11.9 Å². The van der Waals surface area contributed by atoms with Gasteiger partial charge in [-0.05, 0) is 19.1 Å². The van der Waals surface area contributed by atoms with E-state index in [1.54, 1.807) is 19.1 Å². The van der Waals surface area contributed by atoms with Crippen LogP contribution in [0.1, 0.15) is 23.0 Å². The highest BCUT2D eigenvalue weighted by Gasteiger charge is 2.16. The molecule has 1 unspecified atom stereocenters. The Morgan fingerprint density at radius 1 is 1.59 bits per heavy atom. The number of carbonyl (C=O) groups is 2. The first kappa shape index (κ1) is 13.1. The number of amides is 1. The minimum Gasteiger partial charge on any atom is -0.467 e. The van der Waals surface area contributed by atoms with Crippen molar-refractivity contribution in [3.8, 4) is 0 Å². The van der Waals surface area contributed by atoms with Crippen LogP contribution in [0, 0.1) is 0 Å². The number of esters is 1. The van der Waals surface area contributed by atoms with Crippen LogP contribution in [-0.4, -0.2) is 30.0 Å². The van der Waals surface area contributed by atoms with E-state index in [-0.39, 0.29) is 12.5 Å². The Bertz CT molecular complexity index is 420. The zero-order chi connectivity index (χ0) is 12.8. The van der Waals surface area contributed by atoms with E-state index < -0.39 is 12.0 Å². The smallest absolute Gasteiger partial charge is 0.328 e. The van der Waals surface area contributed by atoms with Crippen LogP contribution in [0.25, 0.3) is 0 Å². The summed E-state index contributed by atoms with van der Waals surface area (Å²) in [6.45, 7) is 1.81. The van der Waals surface area contributed by atoms with Gasteiger partial charge < -0.3 is 15.8 Å². The fourth-order valence-electron chi connectivity index (χ4n) is 1.25. The summed E-state index contributed by atoms with van der Waals surface area (Å²) in [5.41, 5.74) is 6.45. The van der Waals surface area contributed by atoms with E-state index in [9.17, 15) is 9.59 Å². The zero-order valence-electron chi connectivity index (χ0n) is 9.77. The summed E-state index contributed by atoms with van der Waals surface area (Å²) in [6.07, 6.45) is 1.50. The fourth-order valence-corrected chi connectivity index (χ4v) is 1.25. The first-order chi connectivity index (χ1) is 8.08. The van der Waals surface area contributed by atoms with Crippen LogP contribution in [0.2, 0.25) is 0 Å². The topological polar surface area (TPSA) is 94.3 Å². The maximum atomic E-state index is 11.8. The molecular formula is C11H15N3O3. The van der Waals surface area contributed by atoms with Gasteiger partial charge in [-0.1, -0.05) is 0 Å². The Morgan fingerprint density at radius 3 is 2.88 bits per heavy atom. The molecular weight excluding hydrogens is 222 g/mol. The molecule has 0 spiro atoms. The van der Waals surface area contributed by atoms with Crippen LogP contribution in [0.4, 0.5) is 0 Å². The lowest BCUT2D eigenvalue weighted by Crippen LogP contribution is -2.39. The molecule has 0 fully saturated rings. The van der Waals surface area contributed by atoms with Crippen LogP contribution in [0.5, 0.6) is 0 Å². The number of rotatable bonds is 4. The summed E-state index contributed by atoms with van der Waals surface area (Å²) in [4.78, 5) is 26.9. The predicted octanol–water partition coefficient (Wildman–Crippen LogP) is -0.168. The number of pyridine rings is 1. The fraction of sp³-hybridized carbons (Fsp3) is 0.364. The van der Waals surface area contributed by atoms with Gasteiger partial charge in [0.15, 0.2) is 0 Å². The molecule has 92 valence electrons. The van der Waals surface area contributed by atoms with E-state index in [0.717, 1.165) is 0 Å².